The molecule has 0 bridgehead atoms. The summed E-state index contributed by atoms with van der Waals surface area (Å²) in [7, 11) is 0. The zero-order chi connectivity index (χ0) is 14.0. The van der Waals surface area contributed by atoms with E-state index in [-0.39, 0.29) is 6.03 Å². The van der Waals surface area contributed by atoms with E-state index in [1.165, 1.54) is 0 Å². The maximum absolute atomic E-state index is 12.4. The van der Waals surface area contributed by atoms with Crippen LogP contribution in [0.2, 0.25) is 0 Å². The van der Waals surface area contributed by atoms with Crippen LogP contribution in [-0.4, -0.2) is 53.1 Å². The summed E-state index contributed by atoms with van der Waals surface area (Å²) in [6.07, 6.45) is 3.62. The number of aliphatic carboxylic acids is 1. The van der Waals surface area contributed by atoms with Gasteiger partial charge in [0.2, 0.25) is 0 Å². The maximum Gasteiger partial charge on any atom is 0.320 e. The van der Waals surface area contributed by atoms with Crippen molar-refractivity contribution in [2.45, 2.75) is 39.5 Å². The van der Waals surface area contributed by atoms with E-state index in [1.54, 1.807) is 11.8 Å². The van der Waals surface area contributed by atoms with Gasteiger partial charge in [0, 0.05) is 26.2 Å². The van der Waals surface area contributed by atoms with Crippen LogP contribution in [0.1, 0.15) is 39.5 Å². The van der Waals surface area contributed by atoms with Gasteiger partial charge < -0.3 is 14.9 Å². The number of carboxylic acid groups (broad SMARTS) is 1. The van der Waals surface area contributed by atoms with E-state index >= 15 is 0 Å². The smallest absolute Gasteiger partial charge is 0.320 e. The summed E-state index contributed by atoms with van der Waals surface area (Å²) < 4.78 is 0. The number of hydrogen-bond acceptors (Lipinski definition) is 2. The van der Waals surface area contributed by atoms with Crippen LogP contribution < -0.4 is 0 Å². The van der Waals surface area contributed by atoms with Gasteiger partial charge in [0.05, 0.1) is 5.41 Å². The Morgan fingerprint density at radius 3 is 2.63 bits per heavy atom. The third kappa shape index (κ3) is 2.85. The van der Waals surface area contributed by atoms with Crippen LogP contribution in [0, 0.1) is 11.3 Å². The lowest BCUT2D eigenvalue weighted by atomic mass is 9.82. The molecule has 2 fully saturated rings. The first kappa shape index (κ1) is 14.2. The van der Waals surface area contributed by atoms with Crippen molar-refractivity contribution in [2.24, 2.45) is 11.3 Å². The van der Waals surface area contributed by atoms with Gasteiger partial charge in [0.25, 0.3) is 0 Å². The topological polar surface area (TPSA) is 60.9 Å². The molecule has 0 saturated carbocycles. The molecule has 2 amide bonds. The van der Waals surface area contributed by atoms with E-state index in [0.717, 1.165) is 32.4 Å². The van der Waals surface area contributed by atoms with E-state index in [4.69, 9.17) is 0 Å². The number of rotatable bonds is 2. The molecule has 0 aromatic heterocycles. The van der Waals surface area contributed by atoms with Crippen LogP contribution in [0.5, 0.6) is 0 Å². The molecule has 2 saturated heterocycles. The van der Waals surface area contributed by atoms with Gasteiger partial charge in [-0.1, -0.05) is 13.3 Å². The average Bonchev–Trinajstić information content (AvgIpc) is 2.86. The quantitative estimate of drug-likeness (QED) is 0.833. The summed E-state index contributed by atoms with van der Waals surface area (Å²) in [6, 6.07) is 0.0307. The number of amides is 2. The SMILES string of the molecule is CCC1CCN(C(=O)N2CCCC(C)(C(=O)O)C2)C1. The molecule has 2 atom stereocenters. The van der Waals surface area contributed by atoms with Crippen molar-refractivity contribution in [3.63, 3.8) is 0 Å². The van der Waals surface area contributed by atoms with Crippen LogP contribution in [0.25, 0.3) is 0 Å². The van der Waals surface area contributed by atoms with Crippen molar-refractivity contribution in [1.29, 1.82) is 0 Å². The van der Waals surface area contributed by atoms with Gasteiger partial charge in [-0.15, -0.1) is 0 Å². The normalized spacial score (nSPS) is 31.6. The van der Waals surface area contributed by atoms with E-state index in [0.29, 0.717) is 25.4 Å². The van der Waals surface area contributed by atoms with Gasteiger partial charge in [0.15, 0.2) is 0 Å². The van der Waals surface area contributed by atoms with E-state index < -0.39 is 11.4 Å². The highest BCUT2D eigenvalue weighted by molar-refractivity contribution is 5.78. The molecular weight excluding hydrogens is 244 g/mol. The zero-order valence-corrected chi connectivity index (χ0v) is 11.9. The van der Waals surface area contributed by atoms with Gasteiger partial charge >= 0.3 is 12.0 Å². The summed E-state index contributed by atoms with van der Waals surface area (Å²) >= 11 is 0. The van der Waals surface area contributed by atoms with Gasteiger partial charge in [0.1, 0.15) is 0 Å². The fourth-order valence-corrected chi connectivity index (χ4v) is 3.12. The molecule has 0 aromatic carbocycles. The maximum atomic E-state index is 12.4. The lowest BCUT2D eigenvalue weighted by molar-refractivity contribution is -0.150. The van der Waals surface area contributed by atoms with Crippen LogP contribution in [0.3, 0.4) is 0 Å². The number of piperidine rings is 1. The van der Waals surface area contributed by atoms with E-state index in [9.17, 15) is 14.7 Å². The number of carboxylic acids is 1. The highest BCUT2D eigenvalue weighted by atomic mass is 16.4. The average molecular weight is 268 g/mol. The van der Waals surface area contributed by atoms with Crippen molar-refractivity contribution in [2.75, 3.05) is 26.2 Å². The molecule has 108 valence electrons. The molecule has 0 spiro atoms. The summed E-state index contributed by atoms with van der Waals surface area (Å²) in [6.45, 7) is 6.57. The number of likely N-dealkylation sites (tertiary alicyclic amines) is 2. The van der Waals surface area contributed by atoms with Crippen molar-refractivity contribution in [3.05, 3.63) is 0 Å². The summed E-state index contributed by atoms with van der Waals surface area (Å²) in [4.78, 5) is 27.4. The van der Waals surface area contributed by atoms with E-state index in [2.05, 4.69) is 6.92 Å². The lowest BCUT2D eigenvalue weighted by Gasteiger charge is -2.39. The molecule has 0 aliphatic carbocycles. The minimum absolute atomic E-state index is 0.0307. The molecule has 0 aromatic rings. The highest BCUT2D eigenvalue weighted by Crippen LogP contribution is 2.31. The third-order valence-corrected chi connectivity index (χ3v) is 4.62. The largest absolute Gasteiger partial charge is 0.481 e. The van der Waals surface area contributed by atoms with Gasteiger partial charge in [-0.05, 0) is 32.1 Å². The predicted molar refractivity (Wildman–Crippen MR) is 71.9 cm³/mol. The minimum Gasteiger partial charge on any atom is -0.481 e. The second-order valence-corrected chi connectivity index (χ2v) is 6.18. The minimum atomic E-state index is -0.794. The van der Waals surface area contributed by atoms with Crippen LogP contribution in [0.4, 0.5) is 4.79 Å². The Hall–Kier alpha value is -1.26. The summed E-state index contributed by atoms with van der Waals surface area (Å²) in [5.41, 5.74) is -0.780. The molecule has 2 heterocycles. The zero-order valence-electron chi connectivity index (χ0n) is 11.9. The molecule has 2 unspecified atom stereocenters. The Morgan fingerprint density at radius 2 is 2.05 bits per heavy atom. The third-order valence-electron chi connectivity index (χ3n) is 4.62. The van der Waals surface area contributed by atoms with Crippen LogP contribution in [0.15, 0.2) is 0 Å². The molecule has 19 heavy (non-hydrogen) atoms. The highest BCUT2D eigenvalue weighted by Gasteiger charge is 2.41. The Balaban J connectivity index is 1.98. The van der Waals surface area contributed by atoms with Gasteiger partial charge in [-0.3, -0.25) is 4.79 Å². The molecule has 0 radical (unpaired) electrons. The Bertz CT molecular complexity index is 372. The number of carbonyl (C=O) groups is 2. The summed E-state index contributed by atoms with van der Waals surface area (Å²) in [5, 5.41) is 9.29. The van der Waals surface area contributed by atoms with Crippen LogP contribution >= 0.6 is 0 Å². The van der Waals surface area contributed by atoms with Crippen molar-refractivity contribution >= 4 is 12.0 Å². The molecule has 1 N–H and O–H groups in total. The molecule has 5 nitrogen and oxygen atoms in total. The van der Waals surface area contributed by atoms with Crippen molar-refractivity contribution < 1.29 is 14.7 Å². The van der Waals surface area contributed by atoms with Crippen molar-refractivity contribution in [1.82, 2.24) is 9.80 Å². The molecule has 5 heteroatoms. The lowest BCUT2D eigenvalue weighted by Crippen LogP contribution is -2.52. The van der Waals surface area contributed by atoms with Crippen LogP contribution in [-0.2, 0) is 4.79 Å². The van der Waals surface area contributed by atoms with Gasteiger partial charge in [-0.2, -0.15) is 0 Å². The standard InChI is InChI=1S/C14H24N2O3/c1-3-11-5-8-15(9-11)13(19)16-7-4-6-14(2,10-16)12(17)18/h11H,3-10H2,1-2H3,(H,17,18). The second-order valence-electron chi connectivity index (χ2n) is 6.18. The number of nitrogens with zero attached hydrogens (tertiary/aromatic N) is 2. The molecule has 2 rings (SSSR count). The number of urea groups is 1. The first-order chi connectivity index (χ1) is 8.96. The fraction of sp³-hybridized carbons (Fsp3) is 0.857. The first-order valence-corrected chi connectivity index (χ1v) is 7.23. The number of carbonyl (C=O) groups excluding carboxylic acids is 1. The Kier molecular flexibility index (Phi) is 4.02. The fourth-order valence-electron chi connectivity index (χ4n) is 3.12. The number of hydrogen-bond donors (Lipinski definition) is 1. The summed E-state index contributed by atoms with van der Waals surface area (Å²) in [5.74, 6) is -0.183. The van der Waals surface area contributed by atoms with Gasteiger partial charge in [-0.25, -0.2) is 4.79 Å². The predicted octanol–water partition coefficient (Wildman–Crippen LogP) is 2.03. The molecule has 2 aliphatic rings. The monoisotopic (exact) mass is 268 g/mol. The molecule has 2 aliphatic heterocycles. The van der Waals surface area contributed by atoms with E-state index in [1.807, 2.05) is 4.90 Å². The Labute approximate surface area is 114 Å². The Morgan fingerprint density at radius 1 is 1.32 bits per heavy atom. The first-order valence-electron chi connectivity index (χ1n) is 7.23. The molecular formula is C14H24N2O3. The van der Waals surface area contributed by atoms with Crippen molar-refractivity contribution in [3.8, 4) is 0 Å². The second kappa shape index (κ2) is 5.39.